The van der Waals surface area contributed by atoms with Crippen molar-refractivity contribution in [3.63, 3.8) is 0 Å². The fraction of sp³-hybridized carbons (Fsp3) is 0.154. The Morgan fingerprint density at radius 3 is 2.67 bits per heavy atom. The van der Waals surface area contributed by atoms with Crippen molar-refractivity contribution >= 4 is 11.7 Å². The van der Waals surface area contributed by atoms with Crippen molar-refractivity contribution in [2.24, 2.45) is 5.73 Å². The van der Waals surface area contributed by atoms with E-state index in [0.717, 1.165) is 17.1 Å². The molecule has 0 aliphatic heterocycles. The second-order valence-electron chi connectivity index (χ2n) is 4.10. The van der Waals surface area contributed by atoms with Gasteiger partial charge in [0.15, 0.2) is 0 Å². The number of amides is 1. The summed E-state index contributed by atoms with van der Waals surface area (Å²) in [4.78, 5) is 21.4. The van der Waals surface area contributed by atoms with E-state index < -0.39 is 5.91 Å². The van der Waals surface area contributed by atoms with Crippen LogP contribution in [0.15, 0.2) is 36.7 Å². The van der Waals surface area contributed by atoms with Gasteiger partial charge in [-0.05, 0) is 12.1 Å². The number of nitrogens with two attached hydrogens (primary N) is 1. The number of hydrogen-bond donors (Lipinski definition) is 1. The van der Waals surface area contributed by atoms with Gasteiger partial charge in [-0.1, -0.05) is 12.1 Å². The van der Waals surface area contributed by atoms with Crippen LogP contribution in [0.25, 0.3) is 11.3 Å². The molecule has 0 aliphatic rings. The molecule has 0 saturated carbocycles. The van der Waals surface area contributed by atoms with E-state index in [1.54, 1.807) is 18.2 Å². The Balaban J connectivity index is 2.45. The fourth-order valence-corrected chi connectivity index (χ4v) is 1.58. The second-order valence-corrected chi connectivity index (χ2v) is 4.10. The molecule has 1 aromatic carbocycles. The van der Waals surface area contributed by atoms with Crippen LogP contribution < -0.4 is 10.6 Å². The zero-order chi connectivity index (χ0) is 13.1. The normalized spacial score (nSPS) is 10.1. The first-order chi connectivity index (χ1) is 8.58. The molecule has 92 valence electrons. The molecule has 2 N–H and O–H groups in total. The van der Waals surface area contributed by atoms with E-state index in [9.17, 15) is 4.79 Å². The van der Waals surface area contributed by atoms with E-state index in [-0.39, 0.29) is 0 Å². The highest BCUT2D eigenvalue weighted by Crippen LogP contribution is 2.20. The summed E-state index contributed by atoms with van der Waals surface area (Å²) in [5.74, 6) is 0.364. The molecule has 2 aromatic rings. The third kappa shape index (κ3) is 2.45. The predicted octanol–water partition coefficient (Wildman–Crippen LogP) is 1.31. The summed E-state index contributed by atoms with van der Waals surface area (Å²) < 4.78 is 0. The van der Waals surface area contributed by atoms with E-state index in [1.165, 1.54) is 6.33 Å². The van der Waals surface area contributed by atoms with E-state index in [2.05, 4.69) is 9.97 Å². The molecule has 0 atom stereocenters. The van der Waals surface area contributed by atoms with Crippen LogP contribution in [-0.4, -0.2) is 30.0 Å². The highest BCUT2D eigenvalue weighted by Gasteiger charge is 2.06. The average Bonchev–Trinajstić information content (AvgIpc) is 2.39. The van der Waals surface area contributed by atoms with Crippen molar-refractivity contribution in [2.45, 2.75) is 0 Å². The highest BCUT2D eigenvalue weighted by atomic mass is 16.1. The van der Waals surface area contributed by atoms with Crippen molar-refractivity contribution < 1.29 is 4.79 Å². The summed E-state index contributed by atoms with van der Waals surface area (Å²) >= 11 is 0. The van der Waals surface area contributed by atoms with Gasteiger partial charge >= 0.3 is 0 Å². The lowest BCUT2D eigenvalue weighted by atomic mass is 10.1. The molecule has 1 amide bonds. The lowest BCUT2D eigenvalue weighted by Crippen LogP contribution is -2.11. The molecular weight excluding hydrogens is 228 g/mol. The van der Waals surface area contributed by atoms with E-state index in [4.69, 9.17) is 5.73 Å². The average molecular weight is 242 g/mol. The van der Waals surface area contributed by atoms with Crippen molar-refractivity contribution in [1.82, 2.24) is 9.97 Å². The zero-order valence-corrected chi connectivity index (χ0v) is 10.3. The summed E-state index contributed by atoms with van der Waals surface area (Å²) in [5.41, 5.74) is 7.33. The van der Waals surface area contributed by atoms with Gasteiger partial charge in [0.05, 0.1) is 5.69 Å². The van der Waals surface area contributed by atoms with Crippen molar-refractivity contribution in [2.75, 3.05) is 19.0 Å². The van der Waals surface area contributed by atoms with Crippen molar-refractivity contribution in [3.8, 4) is 11.3 Å². The molecule has 0 fully saturated rings. The first kappa shape index (κ1) is 12.0. The van der Waals surface area contributed by atoms with E-state index in [1.807, 2.05) is 31.1 Å². The summed E-state index contributed by atoms with van der Waals surface area (Å²) in [7, 11) is 3.82. The third-order valence-corrected chi connectivity index (χ3v) is 2.55. The van der Waals surface area contributed by atoms with Crippen LogP contribution in [0, 0.1) is 0 Å². The minimum Gasteiger partial charge on any atom is -0.366 e. The third-order valence-electron chi connectivity index (χ3n) is 2.55. The fourth-order valence-electron chi connectivity index (χ4n) is 1.58. The maximum Gasteiger partial charge on any atom is 0.248 e. The lowest BCUT2D eigenvalue weighted by Gasteiger charge is -2.11. The number of aromatic nitrogens is 2. The Bertz CT molecular complexity index is 581. The van der Waals surface area contributed by atoms with Crippen LogP contribution in [0.4, 0.5) is 5.82 Å². The van der Waals surface area contributed by atoms with Gasteiger partial charge in [0.2, 0.25) is 5.91 Å². The van der Waals surface area contributed by atoms with Gasteiger partial charge in [-0.2, -0.15) is 0 Å². The number of hydrogen-bond acceptors (Lipinski definition) is 4. The Morgan fingerprint density at radius 2 is 2.00 bits per heavy atom. The number of nitrogens with zero attached hydrogens (tertiary/aromatic N) is 3. The maximum absolute atomic E-state index is 11.1. The van der Waals surface area contributed by atoms with Gasteiger partial charge in [-0.15, -0.1) is 0 Å². The second kappa shape index (κ2) is 4.83. The van der Waals surface area contributed by atoms with Crippen LogP contribution in [0.5, 0.6) is 0 Å². The molecule has 1 aromatic heterocycles. The first-order valence-electron chi connectivity index (χ1n) is 5.47. The molecule has 5 nitrogen and oxygen atoms in total. The predicted molar refractivity (Wildman–Crippen MR) is 70.3 cm³/mol. The Kier molecular flexibility index (Phi) is 3.23. The lowest BCUT2D eigenvalue weighted by molar-refractivity contribution is 0.100. The van der Waals surface area contributed by atoms with Crippen LogP contribution in [0.3, 0.4) is 0 Å². The monoisotopic (exact) mass is 242 g/mol. The first-order valence-corrected chi connectivity index (χ1v) is 5.47. The standard InChI is InChI=1S/C13H14N4O/c1-17(2)12-7-11(15-8-16-12)9-4-3-5-10(6-9)13(14)18/h3-8H,1-2H3,(H2,14,18). The van der Waals surface area contributed by atoms with Gasteiger partial charge in [0.25, 0.3) is 0 Å². The number of anilines is 1. The maximum atomic E-state index is 11.1. The molecule has 0 bridgehead atoms. The molecule has 1 heterocycles. The van der Waals surface area contributed by atoms with Gasteiger partial charge in [-0.3, -0.25) is 4.79 Å². The number of rotatable bonds is 3. The largest absolute Gasteiger partial charge is 0.366 e. The molecule has 0 unspecified atom stereocenters. The van der Waals surface area contributed by atoms with Gasteiger partial charge in [0.1, 0.15) is 12.1 Å². The van der Waals surface area contributed by atoms with Crippen LogP contribution in [0.1, 0.15) is 10.4 Å². The molecule has 2 rings (SSSR count). The van der Waals surface area contributed by atoms with Gasteiger partial charge in [0, 0.05) is 31.3 Å². The SMILES string of the molecule is CN(C)c1cc(-c2cccc(C(N)=O)c2)ncn1. The molecule has 18 heavy (non-hydrogen) atoms. The molecule has 5 heteroatoms. The highest BCUT2D eigenvalue weighted by molar-refractivity contribution is 5.94. The number of carbonyl (C=O) groups is 1. The Hall–Kier alpha value is -2.43. The summed E-state index contributed by atoms with van der Waals surface area (Å²) in [5, 5.41) is 0. The molecule has 0 saturated heterocycles. The van der Waals surface area contributed by atoms with Crippen LogP contribution in [0.2, 0.25) is 0 Å². The molecule has 0 radical (unpaired) electrons. The zero-order valence-electron chi connectivity index (χ0n) is 10.3. The van der Waals surface area contributed by atoms with Gasteiger partial charge in [-0.25, -0.2) is 9.97 Å². The van der Waals surface area contributed by atoms with Crippen molar-refractivity contribution in [1.29, 1.82) is 0 Å². The number of benzene rings is 1. The molecule has 0 aliphatic carbocycles. The van der Waals surface area contributed by atoms with Crippen LogP contribution >= 0.6 is 0 Å². The number of carbonyl (C=O) groups excluding carboxylic acids is 1. The molecular formula is C13H14N4O. The van der Waals surface area contributed by atoms with Crippen molar-refractivity contribution in [3.05, 3.63) is 42.2 Å². The number of primary amides is 1. The summed E-state index contributed by atoms with van der Waals surface area (Å²) in [6, 6.07) is 8.94. The summed E-state index contributed by atoms with van der Waals surface area (Å²) in [6.07, 6.45) is 1.50. The Morgan fingerprint density at radius 1 is 1.22 bits per heavy atom. The van der Waals surface area contributed by atoms with Gasteiger partial charge < -0.3 is 10.6 Å². The van der Waals surface area contributed by atoms with E-state index in [0.29, 0.717) is 5.56 Å². The topological polar surface area (TPSA) is 72.1 Å². The quantitative estimate of drug-likeness (QED) is 0.880. The summed E-state index contributed by atoms with van der Waals surface area (Å²) in [6.45, 7) is 0. The van der Waals surface area contributed by atoms with E-state index >= 15 is 0 Å². The smallest absolute Gasteiger partial charge is 0.248 e. The van der Waals surface area contributed by atoms with Crippen LogP contribution in [-0.2, 0) is 0 Å². The minimum absolute atomic E-state index is 0.446. The minimum atomic E-state index is -0.446. The Labute approximate surface area is 105 Å². The molecule has 0 spiro atoms.